The lowest BCUT2D eigenvalue weighted by Gasteiger charge is -2.19. The lowest BCUT2D eigenvalue weighted by atomic mass is 10.2. The van der Waals surface area contributed by atoms with E-state index >= 15 is 0 Å². The number of nitrogens with one attached hydrogen (secondary N) is 3. The minimum Gasteiger partial charge on any atom is -0.492 e. The summed E-state index contributed by atoms with van der Waals surface area (Å²) in [6.07, 6.45) is 4.02. The normalized spacial score (nSPS) is 11.7. The lowest BCUT2D eigenvalue weighted by Crippen LogP contribution is -2.32. The molecule has 0 saturated carbocycles. The van der Waals surface area contributed by atoms with E-state index in [2.05, 4.69) is 16.0 Å². The van der Waals surface area contributed by atoms with E-state index in [9.17, 15) is 18.0 Å². The molecule has 0 aromatic heterocycles. The number of carbonyl (C=O) groups is 2. The van der Waals surface area contributed by atoms with Crippen molar-refractivity contribution in [3.05, 3.63) is 36.4 Å². The van der Waals surface area contributed by atoms with Crippen molar-refractivity contribution in [1.82, 2.24) is 10.6 Å². The smallest absolute Gasteiger partial charge is 0.407 e. The highest BCUT2D eigenvalue weighted by molar-refractivity contribution is 7.90. The van der Waals surface area contributed by atoms with Crippen LogP contribution in [0.4, 0.5) is 15.3 Å². The van der Waals surface area contributed by atoms with E-state index in [-0.39, 0.29) is 25.4 Å². The third-order valence-corrected chi connectivity index (χ3v) is 4.03. The van der Waals surface area contributed by atoms with Gasteiger partial charge in [0.25, 0.3) is 0 Å². The van der Waals surface area contributed by atoms with Gasteiger partial charge in [0.15, 0.2) is 9.84 Å². The Morgan fingerprint density at radius 2 is 1.76 bits per heavy atom. The first kappa shape index (κ1) is 24.3. The Kier molecular flexibility index (Phi) is 9.46. The molecule has 162 valence electrons. The fraction of sp³-hybridized carbons (Fsp3) is 0.474. The molecule has 1 aromatic rings. The highest BCUT2D eigenvalue weighted by atomic mass is 32.2. The molecule has 0 saturated heterocycles. The molecule has 0 aliphatic rings. The summed E-state index contributed by atoms with van der Waals surface area (Å²) in [5.41, 5.74) is -0.0429. The Morgan fingerprint density at radius 1 is 1.10 bits per heavy atom. The summed E-state index contributed by atoms with van der Waals surface area (Å²) in [7, 11) is -3.09. The molecular weight excluding hydrogens is 398 g/mol. The maximum atomic E-state index is 11.9. The second-order valence-electron chi connectivity index (χ2n) is 7.20. The summed E-state index contributed by atoms with van der Waals surface area (Å²) in [6, 6.07) is 6.23. The van der Waals surface area contributed by atoms with E-state index < -0.39 is 27.6 Å². The quantitative estimate of drug-likeness (QED) is 0.520. The third kappa shape index (κ3) is 13.1. The molecule has 0 aliphatic heterocycles. The van der Waals surface area contributed by atoms with Crippen molar-refractivity contribution in [1.29, 1.82) is 0 Å². The summed E-state index contributed by atoms with van der Waals surface area (Å²) in [5, 5.41) is 7.86. The summed E-state index contributed by atoms with van der Waals surface area (Å²) in [6.45, 7) is 5.93. The van der Waals surface area contributed by atoms with Crippen LogP contribution in [-0.2, 0) is 14.6 Å². The molecule has 3 N–H and O–H groups in total. The summed E-state index contributed by atoms with van der Waals surface area (Å²) >= 11 is 0. The zero-order chi connectivity index (χ0) is 21.9. The van der Waals surface area contributed by atoms with Crippen LogP contribution < -0.4 is 20.7 Å². The number of amides is 3. The van der Waals surface area contributed by atoms with Crippen molar-refractivity contribution < 1.29 is 27.5 Å². The number of sulfone groups is 1. The van der Waals surface area contributed by atoms with E-state index in [1.54, 1.807) is 57.2 Å². The molecule has 29 heavy (non-hydrogen) atoms. The average molecular weight is 428 g/mol. The van der Waals surface area contributed by atoms with Gasteiger partial charge >= 0.3 is 12.1 Å². The molecule has 0 spiro atoms. The van der Waals surface area contributed by atoms with Crippen LogP contribution in [-0.4, -0.2) is 57.8 Å². The zero-order valence-electron chi connectivity index (χ0n) is 17.2. The topological polar surface area (TPSA) is 123 Å². The molecule has 3 amide bonds. The number of ether oxygens (including phenoxy) is 2. The van der Waals surface area contributed by atoms with Crippen LogP contribution in [0.5, 0.6) is 5.75 Å². The first-order valence-electron chi connectivity index (χ1n) is 9.02. The van der Waals surface area contributed by atoms with E-state index in [0.717, 1.165) is 6.26 Å². The predicted molar refractivity (Wildman–Crippen MR) is 112 cm³/mol. The molecule has 1 aromatic carbocycles. The van der Waals surface area contributed by atoms with Crippen molar-refractivity contribution >= 4 is 27.6 Å². The van der Waals surface area contributed by atoms with Crippen LogP contribution in [0.15, 0.2) is 36.4 Å². The lowest BCUT2D eigenvalue weighted by molar-refractivity contribution is 0.0534. The maximum absolute atomic E-state index is 11.9. The van der Waals surface area contributed by atoms with E-state index in [1.165, 1.54) is 0 Å². The number of urea groups is 1. The summed E-state index contributed by atoms with van der Waals surface area (Å²) < 4.78 is 32.7. The number of alkyl carbamates (subject to hydrolysis) is 1. The average Bonchev–Trinajstić information content (AvgIpc) is 2.55. The van der Waals surface area contributed by atoms with Gasteiger partial charge in [-0.2, -0.15) is 0 Å². The van der Waals surface area contributed by atoms with Crippen molar-refractivity contribution in [2.75, 3.05) is 37.0 Å². The third-order valence-electron chi connectivity index (χ3n) is 3.13. The Balaban J connectivity index is 2.31. The van der Waals surface area contributed by atoms with Crippen molar-refractivity contribution in [2.45, 2.75) is 26.4 Å². The van der Waals surface area contributed by atoms with Gasteiger partial charge in [-0.05, 0) is 32.9 Å². The molecule has 0 heterocycles. The Labute approximate surface area is 171 Å². The number of anilines is 1. The van der Waals surface area contributed by atoms with E-state index in [4.69, 9.17) is 9.47 Å². The minimum atomic E-state index is -3.09. The molecule has 1 rings (SSSR count). The van der Waals surface area contributed by atoms with Gasteiger partial charge < -0.3 is 25.4 Å². The number of rotatable bonds is 9. The van der Waals surface area contributed by atoms with Gasteiger partial charge in [-0.3, -0.25) is 0 Å². The van der Waals surface area contributed by atoms with Crippen LogP contribution in [0, 0.1) is 0 Å². The van der Waals surface area contributed by atoms with Crippen LogP contribution in [0.25, 0.3) is 0 Å². The monoisotopic (exact) mass is 427 g/mol. The van der Waals surface area contributed by atoms with Crippen LogP contribution in [0.1, 0.15) is 20.8 Å². The zero-order valence-corrected chi connectivity index (χ0v) is 18.0. The standard InChI is InChI=1S/C19H29N3O6S/c1-19(2,3)28-18(24)21-11-6-5-10-20-17(23)22-15-8-7-9-16(14-15)27-12-13-29(4,25)26/h5-9,14H,10-13H2,1-4H3,(H,21,24)(H2,20,22,23)/b6-5+. The fourth-order valence-corrected chi connectivity index (χ4v) is 2.31. The predicted octanol–water partition coefficient (Wildman–Crippen LogP) is 2.31. The molecule has 0 fully saturated rings. The molecule has 9 nitrogen and oxygen atoms in total. The number of hydrogen-bond acceptors (Lipinski definition) is 6. The second kappa shape index (κ2) is 11.3. The summed E-state index contributed by atoms with van der Waals surface area (Å²) in [5.74, 6) is 0.375. The van der Waals surface area contributed by atoms with Crippen molar-refractivity contribution in [3.8, 4) is 5.75 Å². The van der Waals surface area contributed by atoms with Gasteiger partial charge in [0.2, 0.25) is 0 Å². The Bertz CT molecular complexity index is 815. The largest absolute Gasteiger partial charge is 0.492 e. The SMILES string of the molecule is CC(C)(C)OC(=O)NC/C=C/CNC(=O)Nc1cccc(OCCS(C)(=O)=O)c1. The van der Waals surface area contributed by atoms with E-state index in [1.807, 2.05) is 0 Å². The first-order chi connectivity index (χ1) is 13.4. The van der Waals surface area contributed by atoms with Crippen molar-refractivity contribution in [3.63, 3.8) is 0 Å². The van der Waals surface area contributed by atoms with Crippen LogP contribution in [0.2, 0.25) is 0 Å². The van der Waals surface area contributed by atoms with Gasteiger partial charge in [0.1, 0.15) is 18.0 Å². The summed E-state index contributed by atoms with van der Waals surface area (Å²) in [4.78, 5) is 23.4. The Hall–Kier alpha value is -2.75. The van der Waals surface area contributed by atoms with E-state index in [0.29, 0.717) is 11.4 Å². The number of hydrogen-bond donors (Lipinski definition) is 3. The molecule has 10 heteroatoms. The van der Waals surface area contributed by atoms with Gasteiger partial charge in [0, 0.05) is 31.1 Å². The fourth-order valence-electron chi connectivity index (χ4n) is 1.92. The van der Waals surface area contributed by atoms with Gasteiger partial charge in [-0.1, -0.05) is 18.2 Å². The number of benzene rings is 1. The molecular formula is C19H29N3O6S. The molecule has 0 radical (unpaired) electrons. The first-order valence-corrected chi connectivity index (χ1v) is 11.1. The number of carbonyl (C=O) groups excluding carboxylic acids is 2. The minimum absolute atomic E-state index is 0.0383. The highest BCUT2D eigenvalue weighted by Crippen LogP contribution is 2.17. The van der Waals surface area contributed by atoms with Crippen molar-refractivity contribution in [2.24, 2.45) is 0 Å². The van der Waals surface area contributed by atoms with Gasteiger partial charge in [0.05, 0.1) is 5.75 Å². The molecule has 0 bridgehead atoms. The Morgan fingerprint density at radius 3 is 2.38 bits per heavy atom. The highest BCUT2D eigenvalue weighted by Gasteiger charge is 2.14. The maximum Gasteiger partial charge on any atom is 0.407 e. The molecule has 0 atom stereocenters. The van der Waals surface area contributed by atoms with Gasteiger partial charge in [-0.25, -0.2) is 18.0 Å². The van der Waals surface area contributed by atoms with Crippen LogP contribution in [0.3, 0.4) is 0 Å². The molecule has 0 unspecified atom stereocenters. The van der Waals surface area contributed by atoms with Crippen LogP contribution >= 0.6 is 0 Å². The van der Waals surface area contributed by atoms with Gasteiger partial charge in [-0.15, -0.1) is 0 Å². The second-order valence-corrected chi connectivity index (χ2v) is 9.46. The molecule has 0 aliphatic carbocycles.